The molecule has 1 aromatic rings. The van der Waals surface area contributed by atoms with Crippen LogP contribution < -0.4 is 10.6 Å². The van der Waals surface area contributed by atoms with Gasteiger partial charge in [-0.15, -0.1) is 11.8 Å². The average Bonchev–Trinajstić information content (AvgIpc) is 2.54. The van der Waals surface area contributed by atoms with Gasteiger partial charge >= 0.3 is 0 Å². The Balaban J connectivity index is 2.82. The predicted octanol–water partition coefficient (Wildman–Crippen LogP) is 1.48. The summed E-state index contributed by atoms with van der Waals surface area (Å²) in [5.41, 5.74) is 6.85. The maximum atomic E-state index is 11.4. The fourth-order valence-electron chi connectivity index (χ4n) is 1.66. The molecule has 0 aromatic heterocycles. The molecule has 0 saturated carbocycles. The molecule has 0 spiro atoms. The van der Waals surface area contributed by atoms with Crippen LogP contribution in [0.15, 0.2) is 23.1 Å². The van der Waals surface area contributed by atoms with Crippen LogP contribution in [0.2, 0.25) is 0 Å². The largest absolute Gasteiger partial charge is 0.359 e. The number of anilines is 1. The number of benzene rings is 1. The highest BCUT2D eigenvalue weighted by Gasteiger charge is 2.11. The Morgan fingerprint density at radius 3 is 2.70 bits per heavy atom. The Hall–Kier alpha value is -1.80. The Kier molecular flexibility index (Phi) is 7.84. The van der Waals surface area contributed by atoms with E-state index in [0.717, 1.165) is 16.1 Å². The minimum atomic E-state index is -3.13. The highest BCUT2D eigenvalue weighted by atomic mass is 32.2. The van der Waals surface area contributed by atoms with E-state index in [9.17, 15) is 8.42 Å². The summed E-state index contributed by atoms with van der Waals surface area (Å²) in [6.07, 6.45) is 1.96. The minimum absolute atomic E-state index is 0.0752. The van der Waals surface area contributed by atoms with Crippen LogP contribution in [0.25, 0.3) is 0 Å². The third-order valence-electron chi connectivity index (χ3n) is 2.92. The monoisotopic (exact) mass is 352 g/mol. The summed E-state index contributed by atoms with van der Waals surface area (Å²) in [6, 6.07) is 7.98. The van der Waals surface area contributed by atoms with Crippen LogP contribution in [0.4, 0.5) is 5.69 Å². The van der Waals surface area contributed by atoms with E-state index < -0.39 is 9.84 Å². The van der Waals surface area contributed by atoms with Crippen LogP contribution in [0.3, 0.4) is 0 Å². The molecule has 0 aliphatic carbocycles. The molecule has 23 heavy (non-hydrogen) atoms. The van der Waals surface area contributed by atoms with Crippen LogP contribution in [0.5, 0.6) is 0 Å². The third-order valence-corrected chi connectivity index (χ3v) is 5.09. The Morgan fingerprint density at radius 1 is 1.35 bits per heavy atom. The second-order valence-corrected chi connectivity index (χ2v) is 7.74. The molecule has 0 radical (unpaired) electrons. The lowest BCUT2D eigenvalue weighted by molar-refractivity contribution is 0.180. The Morgan fingerprint density at radius 2 is 2.09 bits per heavy atom. The molecule has 5 nitrogen and oxygen atoms in total. The smallest absolute Gasteiger partial charge is 0.174 e. The number of hydrogen-bond acceptors (Lipinski definition) is 6. The molecule has 0 saturated heterocycles. The van der Waals surface area contributed by atoms with Gasteiger partial charge in [0.25, 0.3) is 0 Å². The van der Waals surface area contributed by atoms with E-state index in [1.54, 1.807) is 18.7 Å². The summed E-state index contributed by atoms with van der Waals surface area (Å²) < 4.78 is 28.1. The number of thioether (sulfide) groups is 1. The van der Waals surface area contributed by atoms with Crippen molar-refractivity contribution < 1.29 is 13.2 Å². The van der Waals surface area contributed by atoms with Crippen LogP contribution in [0, 0.1) is 23.8 Å². The molecule has 1 aromatic carbocycles. The molecule has 7 heteroatoms. The van der Waals surface area contributed by atoms with Crippen molar-refractivity contribution in [3.8, 4) is 23.8 Å². The van der Waals surface area contributed by atoms with E-state index in [1.807, 2.05) is 36.4 Å². The maximum Gasteiger partial charge on any atom is 0.174 e. The van der Waals surface area contributed by atoms with Crippen LogP contribution in [-0.4, -0.2) is 40.1 Å². The Bertz CT molecular complexity index is 753. The lowest BCUT2D eigenvalue weighted by atomic mass is 10.2. The molecule has 0 heterocycles. The number of ether oxygens (including phenoxy) is 1. The number of nitrogens with two attached hydrogens (primary N) is 1. The first-order valence-corrected chi connectivity index (χ1v) is 9.87. The maximum absolute atomic E-state index is 11.4. The molecule has 1 rings (SSSR count). The van der Waals surface area contributed by atoms with Crippen molar-refractivity contribution in [3.05, 3.63) is 23.8 Å². The van der Waals surface area contributed by atoms with Crippen molar-refractivity contribution in [3.63, 3.8) is 0 Å². The first kappa shape index (κ1) is 19.2. The molecule has 0 bridgehead atoms. The minimum Gasteiger partial charge on any atom is -0.359 e. The summed E-state index contributed by atoms with van der Waals surface area (Å²) >= 11 is 1.58. The van der Waals surface area contributed by atoms with Gasteiger partial charge in [-0.05, 0) is 30.4 Å². The summed E-state index contributed by atoms with van der Waals surface area (Å²) in [5, 5.41) is 0. The van der Waals surface area contributed by atoms with E-state index in [-0.39, 0.29) is 18.4 Å². The van der Waals surface area contributed by atoms with Gasteiger partial charge in [-0.1, -0.05) is 12.8 Å². The number of hydrogen-bond donors (Lipinski definition) is 1. The van der Waals surface area contributed by atoms with Crippen molar-refractivity contribution in [2.45, 2.75) is 11.8 Å². The van der Waals surface area contributed by atoms with Crippen molar-refractivity contribution in [2.24, 2.45) is 5.73 Å². The lowest BCUT2D eigenvalue weighted by Gasteiger charge is -2.21. The second-order valence-electron chi connectivity index (χ2n) is 4.59. The highest BCUT2D eigenvalue weighted by molar-refractivity contribution is 7.98. The summed E-state index contributed by atoms with van der Waals surface area (Å²) in [4.78, 5) is 2.87. The summed E-state index contributed by atoms with van der Waals surface area (Å²) in [5.74, 6) is 7.86. The normalized spacial score (nSPS) is 10.2. The van der Waals surface area contributed by atoms with E-state index in [2.05, 4.69) is 23.8 Å². The standard InChI is InChI=1S/C16H20N2O3S2/c1-4-23(19,20)13-21-12-18(2)15-9-8-14(7-5-6-10-17)11-16(15)22-3/h8-9,11H,4,12-13,17H2,1-3H3. The zero-order valence-electron chi connectivity index (χ0n) is 13.4. The first-order valence-electron chi connectivity index (χ1n) is 6.82. The van der Waals surface area contributed by atoms with Gasteiger partial charge in [-0.2, -0.15) is 0 Å². The Labute approximate surface area is 142 Å². The summed E-state index contributed by atoms with van der Waals surface area (Å²) in [7, 11) is -1.28. The van der Waals surface area contributed by atoms with Crippen molar-refractivity contribution in [1.29, 1.82) is 0 Å². The molecule has 0 unspecified atom stereocenters. The molecule has 0 amide bonds. The number of nitrogens with zero attached hydrogens (tertiary/aromatic N) is 1. The molecule has 0 aliphatic rings. The molecular weight excluding hydrogens is 332 g/mol. The average molecular weight is 352 g/mol. The molecular formula is C16H20N2O3S2. The molecule has 0 aliphatic heterocycles. The van der Waals surface area contributed by atoms with E-state index in [4.69, 9.17) is 10.5 Å². The fraction of sp³-hybridized carbons (Fsp3) is 0.375. The second kappa shape index (κ2) is 9.36. The van der Waals surface area contributed by atoms with Gasteiger partial charge in [0, 0.05) is 35.2 Å². The van der Waals surface area contributed by atoms with Crippen molar-refractivity contribution in [2.75, 3.05) is 36.6 Å². The van der Waals surface area contributed by atoms with E-state index >= 15 is 0 Å². The van der Waals surface area contributed by atoms with E-state index in [1.165, 1.54) is 0 Å². The van der Waals surface area contributed by atoms with Gasteiger partial charge in [-0.3, -0.25) is 0 Å². The fourth-order valence-corrected chi connectivity index (χ4v) is 2.84. The highest BCUT2D eigenvalue weighted by Crippen LogP contribution is 2.29. The molecule has 0 fully saturated rings. The topological polar surface area (TPSA) is 72.6 Å². The van der Waals surface area contributed by atoms with Gasteiger partial charge in [0.05, 0.1) is 5.69 Å². The SMILES string of the molecule is CCS(=O)(=O)COCN(C)c1ccc(C#CC#CN)cc1SC. The van der Waals surface area contributed by atoms with Gasteiger partial charge in [0.2, 0.25) is 0 Å². The molecule has 2 N–H and O–H groups in total. The van der Waals surface area contributed by atoms with Gasteiger partial charge in [0.1, 0.15) is 6.73 Å². The van der Waals surface area contributed by atoms with Gasteiger partial charge in [-0.25, -0.2) is 8.42 Å². The first-order chi connectivity index (χ1) is 10.9. The quantitative estimate of drug-likeness (QED) is 0.347. The zero-order valence-corrected chi connectivity index (χ0v) is 15.1. The van der Waals surface area contributed by atoms with Crippen molar-refractivity contribution >= 4 is 27.3 Å². The van der Waals surface area contributed by atoms with Crippen LogP contribution >= 0.6 is 11.8 Å². The number of rotatable bonds is 7. The third kappa shape index (κ3) is 6.45. The molecule has 124 valence electrons. The lowest BCUT2D eigenvalue weighted by Crippen LogP contribution is -2.24. The predicted molar refractivity (Wildman–Crippen MR) is 95.7 cm³/mol. The number of sulfone groups is 1. The van der Waals surface area contributed by atoms with Gasteiger partial charge < -0.3 is 15.4 Å². The van der Waals surface area contributed by atoms with Crippen molar-refractivity contribution in [1.82, 2.24) is 0 Å². The van der Waals surface area contributed by atoms with E-state index in [0.29, 0.717) is 0 Å². The van der Waals surface area contributed by atoms with Crippen LogP contribution in [0.1, 0.15) is 12.5 Å². The molecule has 0 atom stereocenters. The van der Waals surface area contributed by atoms with Gasteiger partial charge in [0.15, 0.2) is 15.8 Å². The summed E-state index contributed by atoms with van der Waals surface area (Å²) in [6.45, 7) is 1.79. The van der Waals surface area contributed by atoms with Crippen LogP contribution in [-0.2, 0) is 14.6 Å². The zero-order chi connectivity index (χ0) is 17.3.